The average molecular weight is 369 g/mol. The molecule has 0 fully saturated rings. The Hall–Kier alpha value is -2.25. The molecule has 0 aromatic heterocycles. The first kappa shape index (κ1) is 18.1. The zero-order valence-electron chi connectivity index (χ0n) is 16.9. The Morgan fingerprint density at radius 3 is 2.44 bits per heavy atom. The van der Waals surface area contributed by atoms with Crippen molar-refractivity contribution in [3.63, 3.8) is 0 Å². The molecule has 4 rings (SSSR count). The van der Waals surface area contributed by atoms with E-state index in [1.54, 1.807) is 5.57 Å². The Balaban J connectivity index is 2.07. The van der Waals surface area contributed by atoms with Crippen LogP contribution in [0.3, 0.4) is 0 Å². The fourth-order valence-corrected chi connectivity index (χ4v) is 5.77. The summed E-state index contributed by atoms with van der Waals surface area (Å²) in [6.45, 7) is 9.12. The van der Waals surface area contributed by atoms with Gasteiger partial charge >= 0.3 is 0 Å². The number of hydrogen-bond acceptors (Lipinski definition) is 0. The van der Waals surface area contributed by atoms with Crippen molar-refractivity contribution >= 4 is 15.0 Å². The zero-order chi connectivity index (χ0) is 19.2. The third-order valence-electron chi connectivity index (χ3n) is 6.62. The van der Waals surface area contributed by atoms with Crippen LogP contribution < -0.4 is 0 Å². The topological polar surface area (TPSA) is 0 Å². The number of fused-ring (bicyclic) bond motifs is 1. The second-order valence-corrected chi connectivity index (χ2v) is 8.60. The highest BCUT2D eigenvalue weighted by Gasteiger charge is 2.46. The molecule has 0 amide bonds. The third kappa shape index (κ3) is 2.52. The molecule has 0 N–H and O–H groups in total. The SMILES string of the molecule is CCC1=CCC(C2(c3ccccc3)C(=[SiH2])C=CC=C3C2=CC(C)=C3C)=C1C. The highest BCUT2D eigenvalue weighted by Crippen LogP contribution is 2.53. The Labute approximate surface area is 166 Å². The van der Waals surface area contributed by atoms with Crippen molar-refractivity contribution in [3.05, 3.63) is 105 Å². The molecule has 0 radical (unpaired) electrons. The summed E-state index contributed by atoms with van der Waals surface area (Å²) in [6.07, 6.45) is 13.9. The zero-order valence-corrected chi connectivity index (χ0v) is 18.3. The standard InChI is InChI=1S/C26H28Si/c1-5-20-14-15-23(19(20)4)26(21-10-7-6-8-11-21)24-16-17(2)18(3)22(24)12-9-13-25(26)27/h6-14,16H,5,15,27H2,1-4H3. The summed E-state index contributed by atoms with van der Waals surface area (Å²) in [5, 5.41) is 1.44. The van der Waals surface area contributed by atoms with Gasteiger partial charge in [0.1, 0.15) is 0 Å². The van der Waals surface area contributed by atoms with Crippen LogP contribution in [-0.4, -0.2) is 15.0 Å². The van der Waals surface area contributed by atoms with Crippen molar-refractivity contribution < 1.29 is 0 Å². The first-order valence-electron chi connectivity index (χ1n) is 9.95. The van der Waals surface area contributed by atoms with Crippen molar-refractivity contribution in [2.75, 3.05) is 0 Å². The smallest absolute Gasteiger partial charge is 0.0627 e. The molecule has 0 aliphatic heterocycles. The molecule has 3 aliphatic carbocycles. The number of hydrogen-bond donors (Lipinski definition) is 0. The summed E-state index contributed by atoms with van der Waals surface area (Å²) in [4.78, 5) is 0. The van der Waals surface area contributed by atoms with Gasteiger partial charge in [0.25, 0.3) is 0 Å². The van der Waals surface area contributed by atoms with Crippen LogP contribution in [0.5, 0.6) is 0 Å². The molecule has 0 bridgehead atoms. The lowest BCUT2D eigenvalue weighted by Crippen LogP contribution is -2.39. The van der Waals surface area contributed by atoms with E-state index in [4.69, 9.17) is 0 Å². The lowest BCUT2D eigenvalue weighted by Gasteiger charge is -2.40. The molecule has 136 valence electrons. The molecular formula is C26H28Si. The molecule has 1 heteroatoms. The molecule has 27 heavy (non-hydrogen) atoms. The van der Waals surface area contributed by atoms with Crippen LogP contribution in [-0.2, 0) is 5.41 Å². The summed E-state index contributed by atoms with van der Waals surface area (Å²) >= 11 is 0. The summed E-state index contributed by atoms with van der Waals surface area (Å²) in [7, 11) is 2.06. The molecule has 0 saturated heterocycles. The molecule has 0 nitrogen and oxygen atoms in total. The van der Waals surface area contributed by atoms with Crippen LogP contribution >= 0.6 is 0 Å². The van der Waals surface area contributed by atoms with Crippen LogP contribution in [0.25, 0.3) is 0 Å². The molecule has 1 aromatic rings. The minimum Gasteiger partial charge on any atom is -0.0769 e. The summed E-state index contributed by atoms with van der Waals surface area (Å²) in [5.41, 5.74) is 11.4. The number of allylic oxidation sites excluding steroid dienone is 12. The molecule has 0 spiro atoms. The maximum absolute atomic E-state index is 2.45. The van der Waals surface area contributed by atoms with Gasteiger partial charge in [-0.2, -0.15) is 0 Å². The maximum Gasteiger partial charge on any atom is 0.0627 e. The average Bonchev–Trinajstić information content (AvgIpc) is 3.14. The van der Waals surface area contributed by atoms with Crippen molar-refractivity contribution in [2.24, 2.45) is 0 Å². The van der Waals surface area contributed by atoms with Gasteiger partial charge in [0.15, 0.2) is 0 Å². The third-order valence-corrected chi connectivity index (χ3v) is 7.39. The number of rotatable bonds is 3. The monoisotopic (exact) mass is 368 g/mol. The van der Waals surface area contributed by atoms with Crippen LogP contribution in [0, 0.1) is 0 Å². The molecule has 3 aliphatic rings. The molecule has 1 aromatic carbocycles. The summed E-state index contributed by atoms with van der Waals surface area (Å²) in [5.74, 6) is 0. The minimum absolute atomic E-state index is 0.172. The van der Waals surface area contributed by atoms with E-state index in [1.807, 2.05) is 0 Å². The molecule has 0 saturated carbocycles. The van der Waals surface area contributed by atoms with E-state index in [2.05, 4.69) is 98.3 Å². The van der Waals surface area contributed by atoms with E-state index in [0.717, 1.165) is 12.8 Å². The van der Waals surface area contributed by atoms with Crippen LogP contribution in [0.15, 0.2) is 99.7 Å². The fraction of sp³-hybridized carbons (Fsp3) is 0.269. The molecular weight excluding hydrogens is 340 g/mol. The summed E-state index contributed by atoms with van der Waals surface area (Å²) < 4.78 is 0. The van der Waals surface area contributed by atoms with E-state index in [1.165, 1.54) is 44.2 Å². The largest absolute Gasteiger partial charge is 0.0769 e. The molecule has 1 atom stereocenters. The van der Waals surface area contributed by atoms with Gasteiger partial charge in [-0.3, -0.25) is 0 Å². The van der Waals surface area contributed by atoms with E-state index in [0.29, 0.717) is 0 Å². The Bertz CT molecular complexity index is 1010. The van der Waals surface area contributed by atoms with E-state index < -0.39 is 0 Å². The van der Waals surface area contributed by atoms with Gasteiger partial charge in [0.05, 0.1) is 5.41 Å². The molecule has 1 unspecified atom stereocenters. The first-order valence-corrected chi connectivity index (χ1v) is 10.7. The highest BCUT2D eigenvalue weighted by atomic mass is 28.1. The predicted octanol–water partition coefficient (Wildman–Crippen LogP) is 5.56. The summed E-state index contributed by atoms with van der Waals surface area (Å²) in [6, 6.07) is 11.1. The minimum atomic E-state index is -0.172. The van der Waals surface area contributed by atoms with E-state index in [-0.39, 0.29) is 5.41 Å². The quantitative estimate of drug-likeness (QED) is 0.613. The van der Waals surface area contributed by atoms with Crippen LogP contribution in [0.1, 0.15) is 46.1 Å². The fourth-order valence-electron chi connectivity index (χ4n) is 5.03. The Morgan fingerprint density at radius 2 is 1.78 bits per heavy atom. The Kier molecular flexibility index (Phi) is 4.51. The van der Waals surface area contributed by atoms with Gasteiger partial charge in [-0.05, 0) is 88.0 Å². The van der Waals surface area contributed by atoms with Crippen LogP contribution in [0.4, 0.5) is 0 Å². The van der Waals surface area contributed by atoms with Gasteiger partial charge in [0.2, 0.25) is 0 Å². The van der Waals surface area contributed by atoms with Crippen molar-refractivity contribution in [1.29, 1.82) is 0 Å². The van der Waals surface area contributed by atoms with E-state index >= 15 is 0 Å². The second-order valence-electron chi connectivity index (χ2n) is 7.84. The number of benzene rings is 1. The van der Waals surface area contributed by atoms with Crippen molar-refractivity contribution in [3.8, 4) is 0 Å². The highest BCUT2D eigenvalue weighted by molar-refractivity contribution is 6.46. The predicted molar refractivity (Wildman–Crippen MR) is 121 cm³/mol. The second kappa shape index (κ2) is 6.72. The van der Waals surface area contributed by atoms with Crippen molar-refractivity contribution in [1.82, 2.24) is 0 Å². The normalized spacial score (nSPS) is 24.7. The van der Waals surface area contributed by atoms with E-state index in [9.17, 15) is 0 Å². The van der Waals surface area contributed by atoms with Crippen molar-refractivity contribution in [2.45, 2.75) is 46.0 Å². The van der Waals surface area contributed by atoms with Gasteiger partial charge in [0, 0.05) is 0 Å². The maximum atomic E-state index is 2.45. The van der Waals surface area contributed by atoms with Crippen LogP contribution in [0.2, 0.25) is 0 Å². The molecule has 0 heterocycles. The Morgan fingerprint density at radius 1 is 1.04 bits per heavy atom. The van der Waals surface area contributed by atoms with Gasteiger partial charge in [-0.25, -0.2) is 0 Å². The lowest BCUT2D eigenvalue weighted by atomic mass is 9.63. The van der Waals surface area contributed by atoms with Gasteiger partial charge < -0.3 is 0 Å². The van der Waals surface area contributed by atoms with Gasteiger partial charge in [-0.15, -0.1) is 0 Å². The van der Waals surface area contributed by atoms with Gasteiger partial charge in [-0.1, -0.05) is 72.8 Å². The first-order chi connectivity index (χ1) is 13.0. The lowest BCUT2D eigenvalue weighted by molar-refractivity contribution is 0.784.